The molecule has 0 radical (unpaired) electrons. The lowest BCUT2D eigenvalue weighted by Crippen LogP contribution is -2.00. The zero-order chi connectivity index (χ0) is 8.15. The van der Waals surface area contributed by atoms with E-state index >= 15 is 0 Å². The van der Waals surface area contributed by atoms with Crippen LogP contribution in [0.2, 0.25) is 0 Å². The summed E-state index contributed by atoms with van der Waals surface area (Å²) in [7, 11) is 0. The minimum atomic E-state index is 0.259. The lowest BCUT2D eigenvalue weighted by molar-refractivity contribution is -0.199. The average molecular weight is 142 g/mol. The zero-order valence-corrected chi connectivity index (χ0v) is 6.55. The van der Waals surface area contributed by atoms with Gasteiger partial charge >= 0.3 is 0 Å². The van der Waals surface area contributed by atoms with Crippen LogP contribution in [0, 0.1) is 5.92 Å². The van der Waals surface area contributed by atoms with Gasteiger partial charge in [-0.15, -0.1) is 0 Å². The summed E-state index contributed by atoms with van der Waals surface area (Å²) >= 11 is 0. The average Bonchev–Trinajstić information content (AvgIpc) is 2.00. The maximum absolute atomic E-state index is 8.19. The first-order valence-electron chi connectivity index (χ1n) is 3.33. The summed E-state index contributed by atoms with van der Waals surface area (Å²) in [6.07, 6.45) is 0.973. The summed E-state index contributed by atoms with van der Waals surface area (Å²) in [5.74, 6) is 0.578. The second kappa shape index (κ2) is 4.12. The highest BCUT2D eigenvalue weighted by Crippen LogP contribution is 2.18. The van der Waals surface area contributed by atoms with Crippen molar-refractivity contribution in [1.29, 1.82) is 0 Å². The third kappa shape index (κ3) is 2.23. The van der Waals surface area contributed by atoms with Crippen LogP contribution in [0.15, 0.2) is 24.5 Å². The number of hydrogen-bond donors (Lipinski definition) is 1. The molecular formula is C8H14O2. The van der Waals surface area contributed by atoms with Gasteiger partial charge in [0.1, 0.15) is 0 Å². The molecule has 1 unspecified atom stereocenters. The Kier molecular flexibility index (Phi) is 3.81. The number of hydrogen-bond acceptors (Lipinski definition) is 2. The molecule has 0 aliphatic heterocycles. The Hall–Kier alpha value is -0.760. The molecule has 0 saturated heterocycles. The topological polar surface area (TPSA) is 29.5 Å². The second-order valence-corrected chi connectivity index (χ2v) is 2.35. The van der Waals surface area contributed by atoms with Crippen molar-refractivity contribution in [3.63, 3.8) is 0 Å². The van der Waals surface area contributed by atoms with Crippen molar-refractivity contribution in [2.75, 3.05) is 0 Å². The SMILES string of the molecule is C=C(OO)C(=C)C(C)CC. The van der Waals surface area contributed by atoms with Gasteiger partial charge in [-0.2, -0.15) is 0 Å². The predicted octanol–water partition coefficient (Wildman–Crippen LogP) is 2.59. The molecule has 10 heavy (non-hydrogen) atoms. The first-order chi connectivity index (χ1) is 4.63. The molecule has 1 N–H and O–H groups in total. The normalized spacial score (nSPS) is 12.3. The molecular weight excluding hydrogens is 128 g/mol. The van der Waals surface area contributed by atoms with Gasteiger partial charge in [-0.3, -0.25) is 0 Å². The van der Waals surface area contributed by atoms with Crippen molar-refractivity contribution in [2.24, 2.45) is 5.92 Å². The maximum atomic E-state index is 8.19. The van der Waals surface area contributed by atoms with Gasteiger partial charge < -0.3 is 4.89 Å². The lowest BCUT2D eigenvalue weighted by Gasteiger charge is -2.11. The van der Waals surface area contributed by atoms with Crippen LogP contribution in [-0.4, -0.2) is 5.26 Å². The van der Waals surface area contributed by atoms with E-state index in [1.165, 1.54) is 0 Å². The summed E-state index contributed by atoms with van der Waals surface area (Å²) in [4.78, 5) is 3.94. The molecule has 1 atom stereocenters. The molecule has 0 aliphatic rings. The minimum Gasteiger partial charge on any atom is -0.341 e. The molecule has 0 fully saturated rings. The summed E-state index contributed by atoms with van der Waals surface area (Å²) in [6.45, 7) is 11.2. The number of rotatable bonds is 4. The van der Waals surface area contributed by atoms with Gasteiger partial charge in [0.05, 0.1) is 0 Å². The van der Waals surface area contributed by atoms with Crippen LogP contribution < -0.4 is 0 Å². The largest absolute Gasteiger partial charge is 0.341 e. The zero-order valence-electron chi connectivity index (χ0n) is 6.55. The Morgan fingerprint density at radius 1 is 1.60 bits per heavy atom. The maximum Gasteiger partial charge on any atom is 0.160 e. The van der Waals surface area contributed by atoms with Crippen molar-refractivity contribution in [2.45, 2.75) is 20.3 Å². The molecule has 58 valence electrons. The fourth-order valence-corrected chi connectivity index (χ4v) is 0.580. The van der Waals surface area contributed by atoms with Crippen molar-refractivity contribution in [3.05, 3.63) is 24.5 Å². The summed E-state index contributed by atoms with van der Waals surface area (Å²) in [5, 5.41) is 8.19. The molecule has 0 aliphatic carbocycles. The van der Waals surface area contributed by atoms with Gasteiger partial charge in [-0.1, -0.05) is 27.0 Å². The quantitative estimate of drug-likeness (QED) is 0.283. The molecule has 0 aromatic carbocycles. The molecule has 2 nitrogen and oxygen atoms in total. The molecule has 0 bridgehead atoms. The monoisotopic (exact) mass is 142 g/mol. The molecule has 0 saturated carbocycles. The van der Waals surface area contributed by atoms with Crippen molar-refractivity contribution in [1.82, 2.24) is 0 Å². The Bertz CT molecular complexity index is 138. The standard InChI is InChI=1S/C8H14O2/c1-5-6(2)7(3)8(4)10-9/h6,9H,3-5H2,1-2H3. The van der Waals surface area contributed by atoms with Crippen LogP contribution in [0.4, 0.5) is 0 Å². The molecule has 0 heterocycles. The van der Waals surface area contributed by atoms with Gasteiger partial charge in [0.15, 0.2) is 5.76 Å². The molecule has 0 rings (SSSR count). The van der Waals surface area contributed by atoms with E-state index in [4.69, 9.17) is 5.26 Å². The molecule has 0 amide bonds. The minimum absolute atomic E-state index is 0.259. The first kappa shape index (κ1) is 9.24. The smallest absolute Gasteiger partial charge is 0.160 e. The van der Waals surface area contributed by atoms with E-state index in [9.17, 15) is 0 Å². The molecule has 0 aromatic rings. The summed E-state index contributed by atoms with van der Waals surface area (Å²) in [6, 6.07) is 0. The fourth-order valence-electron chi connectivity index (χ4n) is 0.580. The van der Waals surface area contributed by atoms with E-state index in [0.717, 1.165) is 12.0 Å². The highest BCUT2D eigenvalue weighted by molar-refractivity contribution is 5.20. The Labute approximate surface area is 61.8 Å². The first-order valence-corrected chi connectivity index (χ1v) is 3.33. The van der Waals surface area contributed by atoms with Gasteiger partial charge in [0.25, 0.3) is 0 Å². The van der Waals surface area contributed by atoms with E-state index in [0.29, 0.717) is 5.92 Å². The van der Waals surface area contributed by atoms with Crippen LogP contribution in [0.3, 0.4) is 0 Å². The third-order valence-electron chi connectivity index (χ3n) is 1.68. The molecule has 0 spiro atoms. The van der Waals surface area contributed by atoms with E-state index < -0.39 is 0 Å². The third-order valence-corrected chi connectivity index (χ3v) is 1.68. The van der Waals surface area contributed by atoms with E-state index in [1.807, 2.05) is 13.8 Å². The molecule has 2 heteroatoms. The van der Waals surface area contributed by atoms with Gasteiger partial charge in [0.2, 0.25) is 0 Å². The van der Waals surface area contributed by atoms with Crippen molar-refractivity contribution < 1.29 is 10.1 Å². The van der Waals surface area contributed by atoms with E-state index in [2.05, 4.69) is 18.0 Å². The molecule has 0 aromatic heterocycles. The van der Waals surface area contributed by atoms with E-state index in [-0.39, 0.29) is 5.76 Å². The van der Waals surface area contributed by atoms with Gasteiger partial charge in [-0.25, -0.2) is 5.26 Å². The van der Waals surface area contributed by atoms with Crippen molar-refractivity contribution >= 4 is 0 Å². The van der Waals surface area contributed by atoms with Gasteiger partial charge in [-0.05, 0) is 17.9 Å². The van der Waals surface area contributed by atoms with Crippen LogP contribution in [0.5, 0.6) is 0 Å². The highest BCUT2D eigenvalue weighted by atomic mass is 17.1. The highest BCUT2D eigenvalue weighted by Gasteiger charge is 2.07. The van der Waals surface area contributed by atoms with Crippen LogP contribution in [-0.2, 0) is 4.89 Å². The van der Waals surface area contributed by atoms with Crippen LogP contribution >= 0.6 is 0 Å². The Morgan fingerprint density at radius 2 is 2.10 bits per heavy atom. The van der Waals surface area contributed by atoms with E-state index in [1.54, 1.807) is 0 Å². The van der Waals surface area contributed by atoms with Crippen LogP contribution in [0.25, 0.3) is 0 Å². The predicted molar refractivity (Wildman–Crippen MR) is 41.4 cm³/mol. The van der Waals surface area contributed by atoms with Gasteiger partial charge in [0, 0.05) is 0 Å². The Balaban J connectivity index is 3.95. The fraction of sp³-hybridized carbons (Fsp3) is 0.500. The second-order valence-electron chi connectivity index (χ2n) is 2.35. The summed E-state index contributed by atoms with van der Waals surface area (Å²) in [5.41, 5.74) is 0.755. The summed E-state index contributed by atoms with van der Waals surface area (Å²) < 4.78 is 0. The Morgan fingerprint density at radius 3 is 2.40 bits per heavy atom. The van der Waals surface area contributed by atoms with Crippen molar-refractivity contribution in [3.8, 4) is 0 Å². The van der Waals surface area contributed by atoms with Crippen LogP contribution in [0.1, 0.15) is 20.3 Å². The lowest BCUT2D eigenvalue weighted by atomic mass is 9.99. The number of allylic oxidation sites excluding steroid dienone is 1.